The van der Waals surface area contributed by atoms with Gasteiger partial charge in [-0.3, -0.25) is 9.78 Å². The first-order chi connectivity index (χ1) is 14.5. The van der Waals surface area contributed by atoms with Gasteiger partial charge in [-0.2, -0.15) is 0 Å². The maximum atomic E-state index is 12.5. The number of benzene rings is 2. The molecule has 0 saturated heterocycles. The monoisotopic (exact) mass is 437 g/mol. The Bertz CT molecular complexity index is 1270. The second kappa shape index (κ2) is 8.74. The summed E-state index contributed by atoms with van der Waals surface area (Å²) >= 11 is 1.59. The Balaban J connectivity index is 1.40. The van der Waals surface area contributed by atoms with Crippen molar-refractivity contribution in [2.75, 3.05) is 11.9 Å². The van der Waals surface area contributed by atoms with Gasteiger partial charge in [-0.25, -0.2) is 13.1 Å². The Hall–Kier alpha value is -3.07. The fraction of sp³-hybridized carbons (Fsp3) is 0.0909. The minimum atomic E-state index is -3.62. The first-order valence-corrected chi connectivity index (χ1v) is 11.7. The summed E-state index contributed by atoms with van der Waals surface area (Å²) in [5, 5.41) is 5.71. The second-order valence-electron chi connectivity index (χ2n) is 6.62. The second-order valence-corrected chi connectivity index (χ2v) is 9.42. The number of thiophene rings is 1. The van der Waals surface area contributed by atoms with Gasteiger partial charge in [0.25, 0.3) is 5.91 Å². The molecule has 0 unspecified atom stereocenters. The van der Waals surface area contributed by atoms with Crippen LogP contribution in [-0.4, -0.2) is 25.9 Å². The normalized spacial score (nSPS) is 11.5. The molecule has 4 rings (SSSR count). The van der Waals surface area contributed by atoms with E-state index >= 15 is 0 Å². The van der Waals surface area contributed by atoms with Crippen molar-refractivity contribution in [3.8, 4) is 0 Å². The predicted molar refractivity (Wildman–Crippen MR) is 119 cm³/mol. The van der Waals surface area contributed by atoms with Crippen LogP contribution in [0.5, 0.6) is 0 Å². The van der Waals surface area contributed by atoms with Crippen molar-refractivity contribution in [2.24, 2.45) is 0 Å². The molecule has 2 aromatic carbocycles. The Morgan fingerprint density at radius 3 is 2.60 bits per heavy atom. The van der Waals surface area contributed by atoms with Crippen molar-refractivity contribution in [3.63, 3.8) is 0 Å². The molecule has 2 N–H and O–H groups in total. The molecule has 2 heterocycles. The van der Waals surface area contributed by atoms with E-state index in [9.17, 15) is 13.2 Å². The Morgan fingerprint density at radius 2 is 1.83 bits per heavy atom. The highest BCUT2D eigenvalue weighted by molar-refractivity contribution is 7.89. The molecule has 0 fully saturated rings. The Labute approximate surface area is 178 Å². The SMILES string of the molecule is O=C(Nc1ccc2ncccc2c1)c1ccc(S(=O)(=O)NCCc2cccs2)cc1. The summed E-state index contributed by atoms with van der Waals surface area (Å²) in [6, 6.07) is 19.0. The molecular weight excluding hydrogens is 418 g/mol. The van der Waals surface area contributed by atoms with E-state index < -0.39 is 10.0 Å². The number of sulfonamides is 1. The van der Waals surface area contributed by atoms with Gasteiger partial charge in [0.05, 0.1) is 10.4 Å². The molecule has 8 heteroatoms. The van der Waals surface area contributed by atoms with Gasteiger partial charge in [0.1, 0.15) is 0 Å². The zero-order valence-corrected chi connectivity index (χ0v) is 17.5. The standard InChI is InChI=1S/C22H19N3O3S2/c26-22(25-18-7-10-21-17(15-18)3-1-12-23-21)16-5-8-20(9-6-16)30(27,28)24-13-11-19-4-2-14-29-19/h1-10,12,14-15,24H,11,13H2,(H,25,26). The van der Waals surface area contributed by atoms with Crippen LogP contribution in [0.15, 0.2) is 83.2 Å². The van der Waals surface area contributed by atoms with Crippen LogP contribution < -0.4 is 10.0 Å². The van der Waals surface area contributed by atoms with Gasteiger partial charge in [0.2, 0.25) is 10.0 Å². The lowest BCUT2D eigenvalue weighted by Crippen LogP contribution is -2.26. The third-order valence-corrected chi connectivity index (χ3v) is 6.94. The third-order valence-electron chi connectivity index (χ3n) is 4.53. The van der Waals surface area contributed by atoms with Crippen LogP contribution in [0.1, 0.15) is 15.2 Å². The van der Waals surface area contributed by atoms with Gasteiger partial charge in [0.15, 0.2) is 0 Å². The van der Waals surface area contributed by atoms with Gasteiger partial charge in [-0.15, -0.1) is 11.3 Å². The van der Waals surface area contributed by atoms with E-state index in [1.54, 1.807) is 23.6 Å². The first kappa shape index (κ1) is 20.2. The van der Waals surface area contributed by atoms with Crippen LogP contribution in [0.2, 0.25) is 0 Å². The lowest BCUT2D eigenvalue weighted by molar-refractivity contribution is 0.102. The summed E-state index contributed by atoms with van der Waals surface area (Å²) in [4.78, 5) is 18.0. The molecule has 4 aromatic rings. The van der Waals surface area contributed by atoms with E-state index in [1.165, 1.54) is 24.3 Å². The molecule has 0 aliphatic heterocycles. The topological polar surface area (TPSA) is 88.2 Å². The van der Waals surface area contributed by atoms with Crippen molar-refractivity contribution in [1.29, 1.82) is 0 Å². The largest absolute Gasteiger partial charge is 0.322 e. The van der Waals surface area contributed by atoms with Crippen molar-refractivity contribution >= 4 is 43.9 Å². The summed E-state index contributed by atoms with van der Waals surface area (Å²) in [5.41, 5.74) is 1.86. The van der Waals surface area contributed by atoms with E-state index in [0.29, 0.717) is 24.2 Å². The summed E-state index contributed by atoms with van der Waals surface area (Å²) in [5.74, 6) is -0.312. The van der Waals surface area contributed by atoms with E-state index in [0.717, 1.165) is 15.8 Å². The lowest BCUT2D eigenvalue weighted by Gasteiger charge is -2.09. The molecule has 1 amide bonds. The smallest absolute Gasteiger partial charge is 0.255 e. The number of rotatable bonds is 7. The summed E-state index contributed by atoms with van der Waals surface area (Å²) in [6.07, 6.45) is 2.35. The Kier molecular flexibility index (Phi) is 5.89. The number of hydrogen-bond acceptors (Lipinski definition) is 5. The number of carbonyl (C=O) groups excluding carboxylic acids is 1. The average molecular weight is 438 g/mol. The zero-order chi connectivity index (χ0) is 21.0. The Morgan fingerprint density at radius 1 is 1.00 bits per heavy atom. The highest BCUT2D eigenvalue weighted by Crippen LogP contribution is 2.18. The van der Waals surface area contributed by atoms with Gasteiger partial charge >= 0.3 is 0 Å². The number of nitrogens with zero attached hydrogens (tertiary/aromatic N) is 1. The number of pyridine rings is 1. The fourth-order valence-electron chi connectivity index (χ4n) is 2.99. The predicted octanol–water partition coefficient (Wildman–Crippen LogP) is 4.07. The van der Waals surface area contributed by atoms with Gasteiger partial charge in [-0.05, 0) is 66.4 Å². The van der Waals surface area contributed by atoms with Crippen LogP contribution in [0.4, 0.5) is 5.69 Å². The van der Waals surface area contributed by atoms with Gasteiger partial charge < -0.3 is 5.32 Å². The highest BCUT2D eigenvalue weighted by Gasteiger charge is 2.15. The molecule has 0 atom stereocenters. The number of nitrogens with one attached hydrogen (secondary N) is 2. The van der Waals surface area contributed by atoms with Crippen molar-refractivity contribution < 1.29 is 13.2 Å². The van der Waals surface area contributed by atoms with Crippen molar-refractivity contribution in [2.45, 2.75) is 11.3 Å². The first-order valence-electron chi connectivity index (χ1n) is 9.29. The maximum Gasteiger partial charge on any atom is 0.255 e. The van der Waals surface area contributed by atoms with E-state index in [2.05, 4.69) is 15.0 Å². The zero-order valence-electron chi connectivity index (χ0n) is 15.9. The molecule has 0 aliphatic carbocycles. The minimum absolute atomic E-state index is 0.127. The number of aromatic nitrogens is 1. The minimum Gasteiger partial charge on any atom is -0.322 e. The lowest BCUT2D eigenvalue weighted by atomic mass is 10.1. The summed E-state index contributed by atoms with van der Waals surface area (Å²) in [7, 11) is -3.62. The average Bonchev–Trinajstić information content (AvgIpc) is 3.27. The van der Waals surface area contributed by atoms with Crippen LogP contribution in [0.3, 0.4) is 0 Å². The molecule has 2 aromatic heterocycles. The molecule has 0 radical (unpaired) electrons. The quantitative estimate of drug-likeness (QED) is 0.456. The van der Waals surface area contributed by atoms with Crippen molar-refractivity contribution in [3.05, 3.63) is 88.7 Å². The fourth-order valence-corrected chi connectivity index (χ4v) is 4.73. The maximum absolute atomic E-state index is 12.5. The van der Waals surface area contributed by atoms with Crippen LogP contribution in [-0.2, 0) is 16.4 Å². The number of fused-ring (bicyclic) bond motifs is 1. The highest BCUT2D eigenvalue weighted by atomic mass is 32.2. The molecule has 152 valence electrons. The number of anilines is 1. The number of hydrogen-bond donors (Lipinski definition) is 2. The molecule has 0 bridgehead atoms. The number of amides is 1. The van der Waals surface area contributed by atoms with Gasteiger partial charge in [0, 0.05) is 34.3 Å². The van der Waals surface area contributed by atoms with E-state index in [1.807, 2.05) is 41.8 Å². The van der Waals surface area contributed by atoms with Gasteiger partial charge in [-0.1, -0.05) is 12.1 Å². The molecule has 30 heavy (non-hydrogen) atoms. The van der Waals surface area contributed by atoms with Crippen LogP contribution in [0.25, 0.3) is 10.9 Å². The molecular formula is C22H19N3O3S2. The third kappa shape index (κ3) is 4.73. The van der Waals surface area contributed by atoms with E-state index in [-0.39, 0.29) is 10.8 Å². The number of carbonyl (C=O) groups is 1. The van der Waals surface area contributed by atoms with Crippen molar-refractivity contribution in [1.82, 2.24) is 9.71 Å². The molecule has 0 saturated carbocycles. The van der Waals surface area contributed by atoms with Crippen LogP contribution in [0, 0.1) is 0 Å². The van der Waals surface area contributed by atoms with Crippen LogP contribution >= 0.6 is 11.3 Å². The summed E-state index contributed by atoms with van der Waals surface area (Å²) < 4.78 is 27.5. The molecule has 0 aliphatic rings. The molecule has 6 nitrogen and oxygen atoms in total. The summed E-state index contributed by atoms with van der Waals surface area (Å²) in [6.45, 7) is 0.321. The molecule has 0 spiro atoms. The van der Waals surface area contributed by atoms with E-state index in [4.69, 9.17) is 0 Å².